The Balaban J connectivity index is 1.99. The molecule has 5 nitrogen and oxygen atoms in total. The molecule has 0 amide bonds. The van der Waals surface area contributed by atoms with E-state index in [0.717, 1.165) is 10.4 Å². The number of aromatic nitrogens is 2. The Kier molecular flexibility index (Phi) is 3.52. The number of para-hydroxylation sites is 1. The van der Waals surface area contributed by atoms with Crippen molar-refractivity contribution in [3.63, 3.8) is 0 Å². The quantitative estimate of drug-likeness (QED) is 0.775. The van der Waals surface area contributed by atoms with Crippen LogP contribution in [0, 0.1) is 6.92 Å². The molecular formula is C14H13N3O2S2. The molecule has 0 radical (unpaired) electrons. The molecule has 0 unspecified atom stereocenters. The third-order valence-corrected chi connectivity index (χ3v) is 5.11. The van der Waals surface area contributed by atoms with Gasteiger partial charge in [0.2, 0.25) is 0 Å². The van der Waals surface area contributed by atoms with Gasteiger partial charge in [-0.1, -0.05) is 24.3 Å². The largest absolute Gasteiger partial charge is 0.332 e. The van der Waals surface area contributed by atoms with Crippen LogP contribution in [-0.2, 0) is 10.0 Å². The Bertz CT molecular complexity index is 852. The fourth-order valence-electron chi connectivity index (χ4n) is 1.95. The maximum Gasteiger partial charge on any atom is 0.279 e. The zero-order valence-electron chi connectivity index (χ0n) is 11.2. The normalized spacial score (nSPS) is 11.5. The minimum absolute atomic E-state index is 0.0565. The van der Waals surface area contributed by atoms with Gasteiger partial charge >= 0.3 is 0 Å². The van der Waals surface area contributed by atoms with Crippen LogP contribution >= 0.6 is 11.3 Å². The van der Waals surface area contributed by atoms with Crippen LogP contribution in [0.3, 0.4) is 0 Å². The Morgan fingerprint density at radius 3 is 2.67 bits per heavy atom. The van der Waals surface area contributed by atoms with Gasteiger partial charge in [-0.05, 0) is 24.4 Å². The molecule has 2 heterocycles. The SMILES string of the molecule is Cc1ncc(S(=O)(=O)Nc2ccccc2-c2cccs2)[nH]1. The van der Waals surface area contributed by atoms with Gasteiger partial charge in [0.1, 0.15) is 5.82 Å². The van der Waals surface area contributed by atoms with E-state index in [1.165, 1.54) is 6.20 Å². The van der Waals surface area contributed by atoms with Gasteiger partial charge in [-0.15, -0.1) is 11.3 Å². The Morgan fingerprint density at radius 1 is 1.19 bits per heavy atom. The number of sulfonamides is 1. The van der Waals surface area contributed by atoms with E-state index in [4.69, 9.17) is 0 Å². The van der Waals surface area contributed by atoms with Crippen LogP contribution in [0.1, 0.15) is 5.82 Å². The molecule has 2 aromatic heterocycles. The smallest absolute Gasteiger partial charge is 0.279 e. The number of rotatable bonds is 4. The molecule has 0 bridgehead atoms. The summed E-state index contributed by atoms with van der Waals surface area (Å²) in [5.74, 6) is 0.557. The van der Waals surface area contributed by atoms with Gasteiger partial charge in [-0.3, -0.25) is 4.72 Å². The number of imidazole rings is 1. The van der Waals surface area contributed by atoms with Gasteiger partial charge in [0.05, 0.1) is 11.9 Å². The summed E-state index contributed by atoms with van der Waals surface area (Å²) in [6.45, 7) is 1.71. The first-order valence-electron chi connectivity index (χ1n) is 6.23. The number of nitrogens with zero attached hydrogens (tertiary/aromatic N) is 1. The lowest BCUT2D eigenvalue weighted by Gasteiger charge is -2.10. The molecule has 7 heteroatoms. The van der Waals surface area contributed by atoms with E-state index in [0.29, 0.717) is 11.5 Å². The number of nitrogens with one attached hydrogen (secondary N) is 2. The van der Waals surface area contributed by atoms with Gasteiger partial charge in [0, 0.05) is 10.4 Å². The first-order valence-corrected chi connectivity index (χ1v) is 8.60. The zero-order valence-corrected chi connectivity index (χ0v) is 12.8. The summed E-state index contributed by atoms with van der Waals surface area (Å²) in [5.41, 5.74) is 1.40. The lowest BCUT2D eigenvalue weighted by molar-refractivity contribution is 0.598. The first kappa shape index (κ1) is 13.8. The number of anilines is 1. The second-order valence-corrected chi connectivity index (χ2v) is 7.06. The van der Waals surface area contributed by atoms with E-state index in [1.807, 2.05) is 29.6 Å². The van der Waals surface area contributed by atoms with Crippen molar-refractivity contribution in [1.29, 1.82) is 0 Å². The third kappa shape index (κ3) is 2.84. The van der Waals surface area contributed by atoms with Gasteiger partial charge in [-0.25, -0.2) is 4.98 Å². The van der Waals surface area contributed by atoms with Crippen LogP contribution in [-0.4, -0.2) is 18.4 Å². The Hall–Kier alpha value is -2.12. The van der Waals surface area contributed by atoms with Crippen molar-refractivity contribution in [2.45, 2.75) is 11.9 Å². The number of H-pyrrole nitrogens is 1. The lowest BCUT2D eigenvalue weighted by atomic mass is 10.1. The molecule has 0 aliphatic carbocycles. The Labute approximate surface area is 126 Å². The summed E-state index contributed by atoms with van der Waals surface area (Å²) in [4.78, 5) is 7.66. The second-order valence-electron chi connectivity index (χ2n) is 4.46. The number of hydrogen-bond acceptors (Lipinski definition) is 4. The van der Waals surface area contributed by atoms with Crippen LogP contribution in [0.2, 0.25) is 0 Å². The van der Waals surface area contributed by atoms with Crippen molar-refractivity contribution < 1.29 is 8.42 Å². The molecule has 0 spiro atoms. The fourth-order valence-corrected chi connectivity index (χ4v) is 3.77. The van der Waals surface area contributed by atoms with E-state index in [9.17, 15) is 8.42 Å². The van der Waals surface area contributed by atoms with Crippen LogP contribution in [0.5, 0.6) is 0 Å². The van der Waals surface area contributed by atoms with Crippen LogP contribution < -0.4 is 4.72 Å². The van der Waals surface area contributed by atoms with Crippen molar-refractivity contribution in [3.05, 3.63) is 53.8 Å². The molecule has 0 saturated carbocycles. The number of thiophene rings is 1. The highest BCUT2D eigenvalue weighted by Gasteiger charge is 2.18. The average molecular weight is 319 g/mol. The summed E-state index contributed by atoms with van der Waals surface area (Å²) in [6.07, 6.45) is 1.31. The highest BCUT2D eigenvalue weighted by Crippen LogP contribution is 2.32. The van der Waals surface area contributed by atoms with E-state index in [1.54, 1.807) is 30.4 Å². The number of hydrogen-bond donors (Lipinski definition) is 2. The van der Waals surface area contributed by atoms with Gasteiger partial charge < -0.3 is 4.98 Å². The van der Waals surface area contributed by atoms with E-state index >= 15 is 0 Å². The highest BCUT2D eigenvalue weighted by molar-refractivity contribution is 7.92. The molecule has 108 valence electrons. The molecule has 0 atom stereocenters. The van der Waals surface area contributed by atoms with E-state index in [2.05, 4.69) is 14.7 Å². The fraction of sp³-hybridized carbons (Fsp3) is 0.0714. The summed E-state index contributed by atoms with van der Waals surface area (Å²) in [6, 6.07) is 11.2. The predicted octanol–water partition coefficient (Wildman–Crippen LogP) is 3.25. The third-order valence-electron chi connectivity index (χ3n) is 2.93. The standard InChI is InChI=1S/C14H13N3O2S2/c1-10-15-9-14(16-10)21(18,19)17-12-6-3-2-5-11(12)13-7-4-8-20-13/h2-9,17H,1H3,(H,15,16). The maximum absolute atomic E-state index is 12.4. The predicted molar refractivity (Wildman–Crippen MR) is 83.9 cm³/mol. The number of benzene rings is 1. The summed E-state index contributed by atoms with van der Waals surface area (Å²) in [7, 11) is -3.67. The molecular weight excluding hydrogens is 306 g/mol. The van der Waals surface area contributed by atoms with Crippen LogP contribution in [0.25, 0.3) is 10.4 Å². The topological polar surface area (TPSA) is 74.8 Å². The molecule has 21 heavy (non-hydrogen) atoms. The summed E-state index contributed by atoms with van der Waals surface area (Å²) >= 11 is 1.56. The molecule has 0 saturated heterocycles. The monoisotopic (exact) mass is 319 g/mol. The molecule has 0 aliphatic rings. The highest BCUT2D eigenvalue weighted by atomic mass is 32.2. The minimum Gasteiger partial charge on any atom is -0.332 e. The van der Waals surface area contributed by atoms with E-state index in [-0.39, 0.29) is 5.03 Å². The summed E-state index contributed by atoms with van der Waals surface area (Å²) < 4.78 is 27.3. The zero-order chi connectivity index (χ0) is 14.9. The minimum atomic E-state index is -3.67. The lowest BCUT2D eigenvalue weighted by Crippen LogP contribution is -2.14. The van der Waals surface area contributed by atoms with Crippen LogP contribution in [0.15, 0.2) is 53.0 Å². The molecule has 3 rings (SSSR count). The molecule has 1 aromatic carbocycles. The second kappa shape index (κ2) is 5.34. The number of aromatic amines is 1. The molecule has 2 N–H and O–H groups in total. The van der Waals surface area contributed by atoms with Gasteiger partial charge in [0.15, 0.2) is 5.03 Å². The average Bonchev–Trinajstić information content (AvgIpc) is 3.10. The van der Waals surface area contributed by atoms with E-state index < -0.39 is 10.0 Å². The molecule has 0 aliphatic heterocycles. The van der Waals surface area contributed by atoms with Gasteiger partial charge in [0.25, 0.3) is 10.0 Å². The number of aryl methyl sites for hydroxylation is 1. The summed E-state index contributed by atoms with van der Waals surface area (Å²) in [5, 5.41) is 2.01. The first-order chi connectivity index (χ1) is 10.1. The van der Waals surface area contributed by atoms with Crippen molar-refractivity contribution in [1.82, 2.24) is 9.97 Å². The Morgan fingerprint density at radius 2 is 2.00 bits per heavy atom. The van der Waals surface area contributed by atoms with Crippen molar-refractivity contribution >= 4 is 27.0 Å². The molecule has 0 fully saturated rings. The van der Waals surface area contributed by atoms with Crippen LogP contribution in [0.4, 0.5) is 5.69 Å². The van der Waals surface area contributed by atoms with Crippen molar-refractivity contribution in [3.8, 4) is 10.4 Å². The maximum atomic E-state index is 12.4. The molecule has 3 aromatic rings. The van der Waals surface area contributed by atoms with Crippen molar-refractivity contribution in [2.75, 3.05) is 4.72 Å². The van der Waals surface area contributed by atoms with Gasteiger partial charge in [-0.2, -0.15) is 8.42 Å². The van der Waals surface area contributed by atoms with Crippen molar-refractivity contribution in [2.24, 2.45) is 0 Å².